The number of likely N-dealkylation sites (tertiary alicyclic amines) is 1. The molecule has 2 N–H and O–H groups in total. The van der Waals surface area contributed by atoms with Crippen LogP contribution in [0.3, 0.4) is 0 Å². The van der Waals surface area contributed by atoms with Crippen molar-refractivity contribution in [3.63, 3.8) is 0 Å². The molecule has 6 heteroatoms. The summed E-state index contributed by atoms with van der Waals surface area (Å²) in [7, 11) is 0. The Morgan fingerprint density at radius 1 is 1.26 bits per heavy atom. The van der Waals surface area contributed by atoms with Gasteiger partial charge in [0.1, 0.15) is 0 Å². The van der Waals surface area contributed by atoms with E-state index in [4.69, 9.17) is 28.9 Å². The fourth-order valence-corrected chi connectivity index (χ4v) is 3.96. The van der Waals surface area contributed by atoms with Gasteiger partial charge in [-0.05, 0) is 47.9 Å². The summed E-state index contributed by atoms with van der Waals surface area (Å²) in [6, 6.07) is 5.72. The maximum Gasteiger partial charge on any atom is 0.226 e. The fourth-order valence-electron chi connectivity index (χ4n) is 3.42. The number of hydrogen-bond acceptors (Lipinski definition) is 2. The van der Waals surface area contributed by atoms with Crippen molar-refractivity contribution >= 4 is 41.5 Å². The Kier molecular flexibility index (Phi) is 5.57. The molecule has 23 heavy (non-hydrogen) atoms. The van der Waals surface area contributed by atoms with Gasteiger partial charge in [-0.1, -0.05) is 37.0 Å². The first-order valence-electron chi connectivity index (χ1n) is 7.78. The van der Waals surface area contributed by atoms with E-state index in [0.717, 1.165) is 31.5 Å². The Labute approximate surface area is 153 Å². The van der Waals surface area contributed by atoms with E-state index in [1.54, 1.807) is 6.07 Å². The SMILES string of the molecule is CC1(C)CN(C(=O)C2CC2c2cc(Cl)cc(Cl)c2)CCC1N.Cl. The number of carbonyl (C=O) groups excluding carboxylic acids is 1. The number of amides is 1. The highest BCUT2D eigenvalue weighted by atomic mass is 35.5. The summed E-state index contributed by atoms with van der Waals surface area (Å²) >= 11 is 12.1. The summed E-state index contributed by atoms with van der Waals surface area (Å²) in [6.07, 6.45) is 1.76. The van der Waals surface area contributed by atoms with Gasteiger partial charge in [0.25, 0.3) is 0 Å². The lowest BCUT2D eigenvalue weighted by Gasteiger charge is -2.42. The molecule has 2 aliphatic rings. The van der Waals surface area contributed by atoms with Crippen LogP contribution >= 0.6 is 35.6 Å². The van der Waals surface area contributed by atoms with Gasteiger partial charge in [-0.3, -0.25) is 4.79 Å². The van der Waals surface area contributed by atoms with Crippen LogP contribution in [0.25, 0.3) is 0 Å². The summed E-state index contributed by atoms with van der Waals surface area (Å²) in [5.41, 5.74) is 7.21. The zero-order valence-electron chi connectivity index (χ0n) is 13.4. The number of benzene rings is 1. The van der Waals surface area contributed by atoms with Gasteiger partial charge in [0.05, 0.1) is 0 Å². The summed E-state index contributed by atoms with van der Waals surface area (Å²) in [5.74, 6) is 0.572. The zero-order valence-corrected chi connectivity index (χ0v) is 15.7. The highest BCUT2D eigenvalue weighted by Gasteiger charge is 2.47. The van der Waals surface area contributed by atoms with E-state index < -0.39 is 0 Å². The number of nitrogens with zero attached hydrogens (tertiary/aromatic N) is 1. The molecule has 1 saturated carbocycles. The van der Waals surface area contributed by atoms with Crippen LogP contribution in [0.15, 0.2) is 18.2 Å². The minimum Gasteiger partial charge on any atom is -0.342 e. The van der Waals surface area contributed by atoms with Gasteiger partial charge < -0.3 is 10.6 Å². The first-order chi connectivity index (χ1) is 10.3. The van der Waals surface area contributed by atoms with Crippen LogP contribution in [0.4, 0.5) is 0 Å². The lowest BCUT2D eigenvalue weighted by Crippen LogP contribution is -2.54. The molecule has 0 radical (unpaired) electrons. The van der Waals surface area contributed by atoms with E-state index in [2.05, 4.69) is 13.8 Å². The first kappa shape index (κ1) is 18.9. The topological polar surface area (TPSA) is 46.3 Å². The van der Waals surface area contributed by atoms with Gasteiger partial charge in [0.2, 0.25) is 5.91 Å². The molecule has 1 aliphatic heterocycles. The molecule has 0 bridgehead atoms. The molecular formula is C17H23Cl3N2O. The molecule has 3 nitrogen and oxygen atoms in total. The van der Waals surface area contributed by atoms with E-state index in [0.29, 0.717) is 10.0 Å². The second-order valence-electron chi connectivity index (χ2n) is 7.30. The monoisotopic (exact) mass is 376 g/mol. The third-order valence-electron chi connectivity index (χ3n) is 5.04. The van der Waals surface area contributed by atoms with E-state index in [9.17, 15) is 4.79 Å². The van der Waals surface area contributed by atoms with Crippen LogP contribution in [0.1, 0.15) is 38.2 Å². The Hall–Kier alpha value is -0.480. The second-order valence-corrected chi connectivity index (χ2v) is 8.17. The molecule has 2 fully saturated rings. The van der Waals surface area contributed by atoms with E-state index in [1.807, 2.05) is 17.0 Å². The summed E-state index contributed by atoms with van der Waals surface area (Å²) in [5, 5.41) is 1.26. The van der Waals surface area contributed by atoms with Crippen molar-refractivity contribution in [1.29, 1.82) is 0 Å². The number of nitrogens with two attached hydrogens (primary N) is 1. The fraction of sp³-hybridized carbons (Fsp3) is 0.588. The predicted molar refractivity (Wildman–Crippen MR) is 97.5 cm³/mol. The Bertz CT molecular complexity index is 585. The minimum atomic E-state index is -0.0162. The number of hydrogen-bond donors (Lipinski definition) is 1. The van der Waals surface area contributed by atoms with E-state index >= 15 is 0 Å². The lowest BCUT2D eigenvalue weighted by atomic mass is 9.79. The average Bonchev–Trinajstić information content (AvgIpc) is 3.20. The number of rotatable bonds is 2. The molecule has 3 unspecified atom stereocenters. The molecule has 0 aromatic heterocycles. The Balaban J connectivity index is 0.00000192. The summed E-state index contributed by atoms with van der Waals surface area (Å²) in [4.78, 5) is 14.7. The predicted octanol–water partition coefficient (Wildman–Crippen LogP) is 4.10. The molecule has 1 amide bonds. The highest BCUT2D eigenvalue weighted by Crippen LogP contribution is 2.50. The minimum absolute atomic E-state index is 0. The molecule has 3 rings (SSSR count). The maximum atomic E-state index is 12.7. The second kappa shape index (κ2) is 6.79. The van der Waals surface area contributed by atoms with Crippen LogP contribution < -0.4 is 5.73 Å². The van der Waals surface area contributed by atoms with Gasteiger partial charge >= 0.3 is 0 Å². The normalized spacial score (nSPS) is 28.9. The van der Waals surface area contributed by atoms with Crippen molar-refractivity contribution in [3.05, 3.63) is 33.8 Å². The van der Waals surface area contributed by atoms with Crippen molar-refractivity contribution in [3.8, 4) is 0 Å². The molecule has 1 aromatic rings. The van der Waals surface area contributed by atoms with E-state index in [1.165, 1.54) is 0 Å². The third kappa shape index (κ3) is 3.96. The molecular weight excluding hydrogens is 355 g/mol. The van der Waals surface area contributed by atoms with Crippen molar-refractivity contribution in [2.45, 2.75) is 38.6 Å². The van der Waals surface area contributed by atoms with E-state index in [-0.39, 0.29) is 41.6 Å². The Morgan fingerprint density at radius 2 is 1.87 bits per heavy atom. The van der Waals surface area contributed by atoms with Crippen LogP contribution in [0.2, 0.25) is 10.0 Å². The van der Waals surface area contributed by atoms with Crippen molar-refractivity contribution in [2.75, 3.05) is 13.1 Å². The van der Waals surface area contributed by atoms with Crippen molar-refractivity contribution in [1.82, 2.24) is 4.90 Å². The highest BCUT2D eigenvalue weighted by molar-refractivity contribution is 6.34. The smallest absolute Gasteiger partial charge is 0.226 e. The maximum absolute atomic E-state index is 12.7. The molecule has 128 valence electrons. The quantitative estimate of drug-likeness (QED) is 0.843. The number of piperidine rings is 1. The third-order valence-corrected chi connectivity index (χ3v) is 5.48. The number of halogens is 3. The largest absolute Gasteiger partial charge is 0.342 e. The first-order valence-corrected chi connectivity index (χ1v) is 8.54. The Morgan fingerprint density at radius 3 is 2.43 bits per heavy atom. The van der Waals surface area contributed by atoms with Crippen LogP contribution in [0.5, 0.6) is 0 Å². The summed E-state index contributed by atoms with van der Waals surface area (Å²) in [6.45, 7) is 5.78. The van der Waals surface area contributed by atoms with Crippen molar-refractivity contribution in [2.24, 2.45) is 17.1 Å². The van der Waals surface area contributed by atoms with Gasteiger partial charge in [-0.25, -0.2) is 0 Å². The van der Waals surface area contributed by atoms with Gasteiger partial charge in [0, 0.05) is 35.1 Å². The van der Waals surface area contributed by atoms with Gasteiger partial charge in [0.15, 0.2) is 0 Å². The zero-order chi connectivity index (χ0) is 16.1. The molecule has 1 saturated heterocycles. The standard InChI is InChI=1S/C17H22Cl2N2O.ClH/c1-17(2)9-21(4-3-15(17)20)16(22)14-8-13(14)10-5-11(18)7-12(19)6-10;/h5-7,13-15H,3-4,8-9,20H2,1-2H3;1H. The molecule has 0 spiro atoms. The van der Waals surface area contributed by atoms with Crippen LogP contribution in [-0.4, -0.2) is 29.9 Å². The molecule has 3 atom stereocenters. The van der Waals surface area contributed by atoms with Crippen LogP contribution in [-0.2, 0) is 4.79 Å². The summed E-state index contributed by atoms with van der Waals surface area (Å²) < 4.78 is 0. The number of carbonyl (C=O) groups is 1. The molecule has 1 aliphatic carbocycles. The van der Waals surface area contributed by atoms with Gasteiger partial charge in [-0.2, -0.15) is 0 Å². The van der Waals surface area contributed by atoms with Crippen molar-refractivity contribution < 1.29 is 4.79 Å². The molecule has 1 heterocycles. The lowest BCUT2D eigenvalue weighted by molar-refractivity contribution is -0.136. The average molecular weight is 378 g/mol. The van der Waals surface area contributed by atoms with Gasteiger partial charge in [-0.15, -0.1) is 12.4 Å². The molecule has 1 aromatic carbocycles. The van der Waals surface area contributed by atoms with Crippen LogP contribution in [0, 0.1) is 11.3 Å².